The smallest absolute Gasteiger partial charge is 0.303 e. The van der Waals surface area contributed by atoms with Crippen molar-refractivity contribution in [2.45, 2.75) is 19.8 Å². The predicted octanol–water partition coefficient (Wildman–Crippen LogP) is 0.800. The van der Waals surface area contributed by atoms with Crippen molar-refractivity contribution in [1.82, 2.24) is 4.98 Å². The van der Waals surface area contributed by atoms with Crippen molar-refractivity contribution < 1.29 is 14.3 Å². The van der Waals surface area contributed by atoms with E-state index < -0.39 is 5.97 Å². The Kier molecular flexibility index (Phi) is 2.25. The van der Waals surface area contributed by atoms with Crippen molar-refractivity contribution >= 4 is 5.97 Å². The Labute approximate surface area is 63.9 Å². The Bertz CT molecular complexity index is 254. The van der Waals surface area contributed by atoms with Gasteiger partial charge in [0.2, 0.25) is 0 Å². The quantitative estimate of drug-likeness (QED) is 0.699. The van der Waals surface area contributed by atoms with Crippen molar-refractivity contribution in [1.29, 1.82) is 0 Å². The highest BCUT2D eigenvalue weighted by molar-refractivity contribution is 5.66. The van der Waals surface area contributed by atoms with Crippen molar-refractivity contribution in [2.75, 3.05) is 0 Å². The molecule has 1 N–H and O–H groups in total. The number of carboxylic acids is 1. The van der Waals surface area contributed by atoms with Crippen LogP contribution in [0.25, 0.3) is 0 Å². The van der Waals surface area contributed by atoms with E-state index in [-0.39, 0.29) is 6.42 Å². The first-order valence-electron chi connectivity index (χ1n) is 3.24. The lowest BCUT2D eigenvalue weighted by molar-refractivity contribution is -0.137. The molecule has 1 aromatic heterocycles. The number of rotatable bonds is 3. The standard InChI is InChI=1S/C7H8NO3/c1-5-4-11-6(8-5)2-3-7(9)10/h2-3H2,1H3,(H,9,10). The summed E-state index contributed by atoms with van der Waals surface area (Å²) in [7, 11) is 0. The van der Waals surface area contributed by atoms with Crippen LogP contribution in [-0.4, -0.2) is 16.1 Å². The molecular weight excluding hydrogens is 146 g/mol. The zero-order chi connectivity index (χ0) is 8.27. The Morgan fingerprint density at radius 3 is 3.00 bits per heavy atom. The van der Waals surface area contributed by atoms with Crippen molar-refractivity contribution in [3.63, 3.8) is 0 Å². The molecule has 0 aliphatic carbocycles. The van der Waals surface area contributed by atoms with Crippen molar-refractivity contribution in [3.8, 4) is 0 Å². The summed E-state index contributed by atoms with van der Waals surface area (Å²) in [5, 5.41) is 8.30. The molecule has 0 fully saturated rings. The molecule has 1 radical (unpaired) electrons. The Balaban J connectivity index is 2.45. The van der Waals surface area contributed by atoms with Crippen molar-refractivity contribution in [3.05, 3.63) is 17.8 Å². The van der Waals surface area contributed by atoms with Gasteiger partial charge in [-0.1, -0.05) is 0 Å². The lowest BCUT2D eigenvalue weighted by atomic mass is 10.3. The van der Waals surface area contributed by atoms with E-state index in [4.69, 9.17) is 9.52 Å². The molecular formula is C7H8NO3. The highest BCUT2D eigenvalue weighted by Crippen LogP contribution is 2.01. The topological polar surface area (TPSA) is 63.3 Å². The number of hydrogen-bond acceptors (Lipinski definition) is 3. The Morgan fingerprint density at radius 1 is 1.82 bits per heavy atom. The van der Waals surface area contributed by atoms with Gasteiger partial charge in [-0.25, -0.2) is 4.98 Å². The summed E-state index contributed by atoms with van der Waals surface area (Å²) in [6.07, 6.45) is 2.90. The van der Waals surface area contributed by atoms with Crippen LogP contribution in [0, 0.1) is 13.2 Å². The van der Waals surface area contributed by atoms with Crippen LogP contribution in [0.3, 0.4) is 0 Å². The number of carboxylic acid groups (broad SMARTS) is 1. The highest BCUT2D eigenvalue weighted by Gasteiger charge is 2.03. The molecule has 59 valence electrons. The SMILES string of the molecule is Cc1[c]oc(CCC(=O)O)n1. The number of hydrogen-bond donors (Lipinski definition) is 1. The molecule has 4 heteroatoms. The van der Waals surface area contributed by atoms with Crippen LogP contribution >= 0.6 is 0 Å². The van der Waals surface area contributed by atoms with Crippen LogP contribution in [0.1, 0.15) is 18.0 Å². The number of carbonyl (C=O) groups is 1. The van der Waals surface area contributed by atoms with Gasteiger partial charge in [-0.3, -0.25) is 4.79 Å². The van der Waals surface area contributed by atoms with Gasteiger partial charge in [0.05, 0.1) is 12.1 Å². The molecule has 0 spiro atoms. The summed E-state index contributed by atoms with van der Waals surface area (Å²) < 4.78 is 4.82. The molecule has 0 amide bonds. The Hall–Kier alpha value is -1.32. The average molecular weight is 154 g/mol. The van der Waals surface area contributed by atoms with Crippen molar-refractivity contribution in [2.24, 2.45) is 0 Å². The minimum atomic E-state index is -0.846. The van der Waals surface area contributed by atoms with Gasteiger partial charge in [-0.2, -0.15) is 0 Å². The fraction of sp³-hybridized carbons (Fsp3) is 0.429. The molecule has 0 aromatic carbocycles. The van der Waals surface area contributed by atoms with Gasteiger partial charge >= 0.3 is 5.97 Å². The van der Waals surface area contributed by atoms with E-state index in [1.807, 2.05) is 0 Å². The number of aliphatic carboxylic acids is 1. The maximum absolute atomic E-state index is 10.1. The molecule has 0 bridgehead atoms. The van der Waals surface area contributed by atoms with E-state index in [1.54, 1.807) is 6.92 Å². The van der Waals surface area contributed by atoms with E-state index >= 15 is 0 Å². The molecule has 0 aliphatic heterocycles. The third kappa shape index (κ3) is 2.41. The van der Waals surface area contributed by atoms with Gasteiger partial charge in [-0.05, 0) is 6.92 Å². The van der Waals surface area contributed by atoms with Gasteiger partial charge in [0, 0.05) is 6.42 Å². The Morgan fingerprint density at radius 2 is 2.55 bits per heavy atom. The predicted molar refractivity (Wildman–Crippen MR) is 36.0 cm³/mol. The van der Waals surface area contributed by atoms with E-state index in [1.165, 1.54) is 0 Å². The van der Waals surface area contributed by atoms with Gasteiger partial charge in [0.15, 0.2) is 12.2 Å². The fourth-order valence-corrected chi connectivity index (χ4v) is 0.686. The van der Waals surface area contributed by atoms with E-state index in [2.05, 4.69) is 11.2 Å². The monoisotopic (exact) mass is 154 g/mol. The summed E-state index contributed by atoms with van der Waals surface area (Å²) in [6.45, 7) is 1.74. The second-order valence-electron chi connectivity index (χ2n) is 2.19. The second kappa shape index (κ2) is 3.18. The first-order valence-corrected chi connectivity index (χ1v) is 3.24. The minimum absolute atomic E-state index is 0.0494. The summed E-state index contributed by atoms with van der Waals surface area (Å²) >= 11 is 0. The third-order valence-electron chi connectivity index (χ3n) is 1.16. The highest BCUT2D eigenvalue weighted by atomic mass is 16.4. The van der Waals surface area contributed by atoms with Crippen LogP contribution in [0.5, 0.6) is 0 Å². The third-order valence-corrected chi connectivity index (χ3v) is 1.16. The minimum Gasteiger partial charge on any atom is -0.481 e. The van der Waals surface area contributed by atoms with E-state index in [0.29, 0.717) is 18.0 Å². The number of nitrogens with zero attached hydrogens (tertiary/aromatic N) is 1. The maximum Gasteiger partial charge on any atom is 0.303 e. The summed E-state index contributed by atoms with van der Waals surface area (Å²) in [5.41, 5.74) is 0.658. The first-order chi connectivity index (χ1) is 5.18. The lowest BCUT2D eigenvalue weighted by Gasteiger charge is -1.88. The molecule has 4 nitrogen and oxygen atoms in total. The lowest BCUT2D eigenvalue weighted by Crippen LogP contribution is -1.97. The number of aromatic nitrogens is 1. The zero-order valence-corrected chi connectivity index (χ0v) is 6.13. The molecule has 0 atom stereocenters. The average Bonchev–Trinajstić information content (AvgIpc) is 2.31. The van der Waals surface area contributed by atoms with Crippen LogP contribution in [0.15, 0.2) is 4.42 Å². The maximum atomic E-state index is 10.1. The first kappa shape index (κ1) is 7.78. The normalized spacial score (nSPS) is 9.91. The van der Waals surface area contributed by atoms with Crippen LogP contribution in [0.2, 0.25) is 0 Å². The molecule has 0 aliphatic rings. The second-order valence-corrected chi connectivity index (χ2v) is 2.19. The summed E-state index contributed by atoms with van der Waals surface area (Å²) in [5.74, 6) is -0.411. The fourth-order valence-electron chi connectivity index (χ4n) is 0.686. The molecule has 0 saturated heterocycles. The largest absolute Gasteiger partial charge is 0.481 e. The molecule has 11 heavy (non-hydrogen) atoms. The van der Waals surface area contributed by atoms with Gasteiger partial charge < -0.3 is 9.52 Å². The van der Waals surface area contributed by atoms with Crippen LogP contribution < -0.4 is 0 Å². The summed E-state index contributed by atoms with van der Waals surface area (Å²) in [6, 6.07) is 0. The van der Waals surface area contributed by atoms with Crippen LogP contribution in [0.4, 0.5) is 0 Å². The van der Waals surface area contributed by atoms with Gasteiger partial charge in [0.1, 0.15) is 0 Å². The number of oxazole rings is 1. The zero-order valence-electron chi connectivity index (χ0n) is 6.13. The molecule has 0 saturated carbocycles. The molecule has 1 rings (SSSR count). The molecule has 1 heterocycles. The summed E-state index contributed by atoms with van der Waals surface area (Å²) in [4.78, 5) is 14.0. The molecule has 1 aromatic rings. The van der Waals surface area contributed by atoms with Gasteiger partial charge in [-0.15, -0.1) is 0 Å². The van der Waals surface area contributed by atoms with Gasteiger partial charge in [0.25, 0.3) is 0 Å². The number of aryl methyl sites for hydroxylation is 2. The van der Waals surface area contributed by atoms with E-state index in [9.17, 15) is 4.79 Å². The van der Waals surface area contributed by atoms with Crippen LogP contribution in [-0.2, 0) is 11.2 Å². The molecule has 0 unspecified atom stereocenters. The van der Waals surface area contributed by atoms with E-state index in [0.717, 1.165) is 0 Å².